The predicted molar refractivity (Wildman–Crippen MR) is 159 cm³/mol. The fourth-order valence-electron chi connectivity index (χ4n) is 4.68. The van der Waals surface area contributed by atoms with E-state index in [9.17, 15) is 15.0 Å². The van der Waals surface area contributed by atoms with Crippen molar-refractivity contribution in [3.05, 3.63) is 124 Å². The van der Waals surface area contributed by atoms with Crippen LogP contribution in [0.5, 0.6) is 11.5 Å². The monoisotopic (exact) mass is 547 g/mol. The molecule has 1 aliphatic heterocycles. The minimum Gasteiger partial charge on any atom is -0.507 e. The lowest BCUT2D eigenvalue weighted by molar-refractivity contribution is 0.0693. The topological polar surface area (TPSA) is 79.2 Å². The highest BCUT2D eigenvalue weighted by Crippen LogP contribution is 2.29. The van der Waals surface area contributed by atoms with Gasteiger partial charge in [-0.25, -0.2) is 9.86 Å². The molecule has 0 aromatic heterocycles. The van der Waals surface area contributed by atoms with Gasteiger partial charge < -0.3 is 14.9 Å². The van der Waals surface area contributed by atoms with Gasteiger partial charge in [0.2, 0.25) is 0 Å². The number of rotatable bonds is 10. The normalized spacial score (nSPS) is 11.7. The Hall–Kier alpha value is -4.73. The summed E-state index contributed by atoms with van der Waals surface area (Å²) in [5.41, 5.74) is 6.65. The van der Waals surface area contributed by atoms with Gasteiger partial charge in [-0.1, -0.05) is 55.5 Å². The van der Waals surface area contributed by atoms with Gasteiger partial charge in [-0.15, -0.1) is 0 Å². The SMILES string of the molecule is CCCCc1ccc(C#Cc2ccc(CN(OCc3ccc4c(c3)CCO4)c3ccc(O)c(C(=O)O)c3)cc2)cc1. The first-order chi connectivity index (χ1) is 20.0. The minimum absolute atomic E-state index is 0.185. The smallest absolute Gasteiger partial charge is 0.339 e. The molecule has 4 aromatic carbocycles. The number of nitrogens with zero attached hydrogens (tertiary/aromatic N) is 1. The molecular formula is C35H33NO5. The molecule has 0 saturated heterocycles. The number of ether oxygens (including phenoxy) is 1. The summed E-state index contributed by atoms with van der Waals surface area (Å²) in [4.78, 5) is 17.9. The van der Waals surface area contributed by atoms with Crippen LogP contribution in [0.25, 0.3) is 0 Å². The van der Waals surface area contributed by atoms with Crippen LogP contribution in [0, 0.1) is 11.8 Å². The average molecular weight is 548 g/mol. The van der Waals surface area contributed by atoms with Crippen molar-refractivity contribution >= 4 is 11.7 Å². The fraction of sp³-hybridized carbons (Fsp3) is 0.229. The summed E-state index contributed by atoms with van der Waals surface area (Å²) in [6, 6.07) is 26.8. The fourth-order valence-corrected chi connectivity index (χ4v) is 4.68. The van der Waals surface area contributed by atoms with Crippen molar-refractivity contribution in [1.29, 1.82) is 0 Å². The molecule has 208 valence electrons. The largest absolute Gasteiger partial charge is 0.507 e. The molecule has 0 unspecified atom stereocenters. The second-order valence-electron chi connectivity index (χ2n) is 10.1. The number of aryl methyl sites for hydroxylation is 1. The van der Waals surface area contributed by atoms with Crippen LogP contribution in [0.15, 0.2) is 84.9 Å². The van der Waals surface area contributed by atoms with E-state index in [1.54, 1.807) is 11.1 Å². The Morgan fingerprint density at radius 3 is 2.27 bits per heavy atom. The number of phenols is 1. The van der Waals surface area contributed by atoms with Crippen molar-refractivity contribution in [3.63, 3.8) is 0 Å². The third kappa shape index (κ3) is 7.27. The molecule has 0 fully saturated rings. The molecule has 1 aliphatic rings. The average Bonchev–Trinajstić information content (AvgIpc) is 3.46. The van der Waals surface area contributed by atoms with E-state index in [2.05, 4.69) is 49.1 Å². The molecule has 41 heavy (non-hydrogen) atoms. The summed E-state index contributed by atoms with van der Waals surface area (Å²) >= 11 is 0. The zero-order valence-electron chi connectivity index (χ0n) is 23.1. The van der Waals surface area contributed by atoms with E-state index in [1.165, 1.54) is 30.5 Å². The summed E-state index contributed by atoms with van der Waals surface area (Å²) in [5, 5.41) is 21.2. The van der Waals surface area contributed by atoms with Crippen molar-refractivity contribution in [1.82, 2.24) is 0 Å². The number of aromatic carboxylic acids is 1. The van der Waals surface area contributed by atoms with Gasteiger partial charge in [-0.2, -0.15) is 0 Å². The van der Waals surface area contributed by atoms with Crippen LogP contribution in [0.4, 0.5) is 5.69 Å². The van der Waals surface area contributed by atoms with Crippen molar-refractivity contribution in [2.45, 2.75) is 45.8 Å². The third-order valence-corrected chi connectivity index (χ3v) is 7.04. The number of carbonyl (C=O) groups is 1. The molecule has 0 spiro atoms. The van der Waals surface area contributed by atoms with Gasteiger partial charge in [-0.05, 0) is 89.7 Å². The Labute approximate surface area is 240 Å². The van der Waals surface area contributed by atoms with Crippen LogP contribution in [-0.4, -0.2) is 22.8 Å². The van der Waals surface area contributed by atoms with Gasteiger partial charge in [0, 0.05) is 17.5 Å². The Balaban J connectivity index is 1.31. The maximum absolute atomic E-state index is 11.7. The quantitative estimate of drug-likeness (QED) is 0.166. The second-order valence-corrected chi connectivity index (χ2v) is 10.1. The highest BCUT2D eigenvalue weighted by atomic mass is 16.7. The van der Waals surface area contributed by atoms with Gasteiger partial charge in [0.15, 0.2) is 0 Å². The standard InChI is InChI=1S/C35H33NO5/c1-2-3-4-25-5-7-26(8-6-25)9-10-27-11-13-28(14-12-27)23-36(31-16-17-33(37)32(22-31)35(38)39)41-24-29-15-18-34-30(21-29)19-20-40-34/h5-8,11-18,21-22,37H,2-4,19-20,23-24H2,1H3,(H,38,39). The summed E-state index contributed by atoms with van der Waals surface area (Å²) in [6.45, 7) is 3.54. The number of carboxylic acid groups (broad SMARTS) is 1. The Morgan fingerprint density at radius 1 is 0.902 bits per heavy atom. The number of fused-ring (bicyclic) bond motifs is 1. The second kappa shape index (κ2) is 13.1. The van der Waals surface area contributed by atoms with E-state index in [0.717, 1.165) is 46.4 Å². The number of hydroxylamine groups is 1. The molecule has 2 N–H and O–H groups in total. The van der Waals surface area contributed by atoms with Crippen LogP contribution in [-0.2, 0) is 30.8 Å². The number of benzene rings is 4. The van der Waals surface area contributed by atoms with Gasteiger partial charge in [-0.3, -0.25) is 4.84 Å². The van der Waals surface area contributed by atoms with Crippen molar-refractivity contribution in [3.8, 4) is 23.3 Å². The van der Waals surface area contributed by atoms with Crippen molar-refractivity contribution in [2.75, 3.05) is 11.7 Å². The minimum atomic E-state index is -1.21. The van der Waals surface area contributed by atoms with Crippen LogP contribution in [0.2, 0.25) is 0 Å². The first-order valence-corrected chi connectivity index (χ1v) is 13.9. The first kappa shape index (κ1) is 27.8. The number of aromatic hydroxyl groups is 1. The van der Waals surface area contributed by atoms with Gasteiger partial charge in [0.25, 0.3) is 0 Å². The first-order valence-electron chi connectivity index (χ1n) is 13.9. The highest BCUT2D eigenvalue weighted by Gasteiger charge is 2.17. The molecule has 0 bridgehead atoms. The lowest BCUT2D eigenvalue weighted by Gasteiger charge is -2.25. The zero-order valence-corrected chi connectivity index (χ0v) is 23.1. The lowest BCUT2D eigenvalue weighted by Crippen LogP contribution is -2.23. The summed E-state index contributed by atoms with van der Waals surface area (Å²) in [7, 11) is 0. The van der Waals surface area contributed by atoms with E-state index in [4.69, 9.17) is 9.57 Å². The lowest BCUT2D eigenvalue weighted by atomic mass is 10.1. The molecule has 5 rings (SSSR count). The van der Waals surface area contributed by atoms with E-state index in [-0.39, 0.29) is 17.9 Å². The summed E-state index contributed by atoms with van der Waals surface area (Å²) in [6.07, 6.45) is 4.34. The summed E-state index contributed by atoms with van der Waals surface area (Å²) in [5.74, 6) is 5.87. The van der Waals surface area contributed by atoms with E-state index in [1.807, 2.05) is 36.4 Å². The maximum Gasteiger partial charge on any atom is 0.339 e. The zero-order chi connectivity index (χ0) is 28.6. The van der Waals surface area contributed by atoms with Gasteiger partial charge in [0.1, 0.15) is 17.1 Å². The summed E-state index contributed by atoms with van der Waals surface area (Å²) < 4.78 is 5.60. The molecule has 0 atom stereocenters. The molecule has 1 heterocycles. The number of anilines is 1. The Morgan fingerprint density at radius 2 is 1.59 bits per heavy atom. The highest BCUT2D eigenvalue weighted by molar-refractivity contribution is 5.92. The maximum atomic E-state index is 11.7. The predicted octanol–water partition coefficient (Wildman–Crippen LogP) is 6.91. The van der Waals surface area contributed by atoms with Gasteiger partial charge >= 0.3 is 5.97 Å². The number of carboxylic acids is 1. The molecule has 0 radical (unpaired) electrons. The Kier molecular flexibility index (Phi) is 8.88. The number of unbranched alkanes of at least 4 members (excludes halogenated alkanes) is 1. The molecule has 6 heteroatoms. The van der Waals surface area contributed by atoms with E-state index >= 15 is 0 Å². The molecule has 4 aromatic rings. The number of hydrogen-bond donors (Lipinski definition) is 2. The van der Waals surface area contributed by atoms with Crippen LogP contribution in [0.3, 0.4) is 0 Å². The molecule has 6 nitrogen and oxygen atoms in total. The van der Waals surface area contributed by atoms with E-state index < -0.39 is 5.97 Å². The van der Waals surface area contributed by atoms with Crippen LogP contribution in [0.1, 0.15) is 63.5 Å². The van der Waals surface area contributed by atoms with Crippen LogP contribution < -0.4 is 9.80 Å². The van der Waals surface area contributed by atoms with E-state index in [0.29, 0.717) is 18.8 Å². The molecule has 0 saturated carbocycles. The van der Waals surface area contributed by atoms with Crippen molar-refractivity contribution in [2.24, 2.45) is 0 Å². The molecule has 0 amide bonds. The number of hydrogen-bond acceptors (Lipinski definition) is 5. The molecular weight excluding hydrogens is 514 g/mol. The van der Waals surface area contributed by atoms with Crippen molar-refractivity contribution < 1.29 is 24.6 Å². The van der Waals surface area contributed by atoms with Crippen LogP contribution >= 0.6 is 0 Å². The molecule has 0 aliphatic carbocycles. The third-order valence-electron chi connectivity index (χ3n) is 7.04. The Bertz CT molecular complexity index is 1570. The van der Waals surface area contributed by atoms with Gasteiger partial charge in [0.05, 0.1) is 25.4 Å².